The van der Waals surface area contributed by atoms with Gasteiger partial charge >= 0.3 is 11.9 Å². The number of hydrogen-bond acceptors (Lipinski definition) is 7. The number of pyridine rings is 1. The number of rotatable bonds is 5. The van der Waals surface area contributed by atoms with Gasteiger partial charge in [-0.25, -0.2) is 14.0 Å². The minimum absolute atomic E-state index is 0.0107. The van der Waals surface area contributed by atoms with Gasteiger partial charge in [0.05, 0.1) is 31.1 Å². The van der Waals surface area contributed by atoms with Crippen molar-refractivity contribution in [3.63, 3.8) is 0 Å². The number of methoxy groups -OCH3 is 1. The highest BCUT2D eigenvalue weighted by Crippen LogP contribution is 2.45. The summed E-state index contributed by atoms with van der Waals surface area (Å²) in [6.07, 6.45) is 4.85. The van der Waals surface area contributed by atoms with Gasteiger partial charge in [-0.1, -0.05) is 5.10 Å². The summed E-state index contributed by atoms with van der Waals surface area (Å²) in [4.78, 5) is 40.7. The number of benzene rings is 1. The van der Waals surface area contributed by atoms with Crippen LogP contribution in [0.4, 0.5) is 10.1 Å². The zero-order valence-electron chi connectivity index (χ0n) is 22.8. The highest BCUT2D eigenvalue weighted by atomic mass is 19.1. The Morgan fingerprint density at radius 3 is 2.52 bits per heavy atom. The number of amidine groups is 1. The van der Waals surface area contributed by atoms with Crippen LogP contribution in [0.2, 0.25) is 0 Å². The Morgan fingerprint density at radius 2 is 1.93 bits per heavy atom. The number of carboxylic acids is 2. The summed E-state index contributed by atoms with van der Waals surface area (Å²) >= 11 is 0. The first-order valence-corrected chi connectivity index (χ1v) is 13.3. The molecular formula is C28H31FN5O6+. The smallest absolute Gasteiger partial charge is 0.341 e. The van der Waals surface area contributed by atoms with Gasteiger partial charge in [0.1, 0.15) is 29.4 Å². The first-order chi connectivity index (χ1) is 19.0. The maximum atomic E-state index is 15.8. The molecule has 0 bridgehead atoms. The Labute approximate surface area is 229 Å². The average molecular weight is 553 g/mol. The quantitative estimate of drug-likeness (QED) is 0.543. The lowest BCUT2D eigenvalue weighted by molar-refractivity contribution is -0.956. The number of fused-ring (bicyclic) bond motifs is 2. The number of aliphatic carboxylic acids is 1. The third kappa shape index (κ3) is 3.73. The summed E-state index contributed by atoms with van der Waals surface area (Å²) < 4.78 is 23.6. The number of aromatic carboxylic acids is 1. The fourth-order valence-electron chi connectivity index (χ4n) is 6.32. The molecule has 40 heavy (non-hydrogen) atoms. The van der Waals surface area contributed by atoms with Crippen molar-refractivity contribution in [3.8, 4) is 5.75 Å². The number of piperazine rings is 1. The highest BCUT2D eigenvalue weighted by molar-refractivity contribution is 6.20. The standard InChI is InChI=1S/C28H30FN5O6/c1-14-9-15(2)33-13-34(30-26(33)21(14)28(38)39)8-7-31(11-16(34)3)23-20(29)10-18-22(25(23)40-4)32(17-5-6-17)12-19(24(18)35)27(36)37/h9-10,12,16-17H,5-8,11,13H2,1-4H3,(H-,36,37,38,39)/p+1. The molecule has 2 N–H and O–H groups in total. The maximum absolute atomic E-state index is 15.8. The zero-order valence-corrected chi connectivity index (χ0v) is 22.8. The van der Waals surface area contributed by atoms with Crippen molar-refractivity contribution in [2.45, 2.75) is 45.7 Å². The van der Waals surface area contributed by atoms with Crippen molar-refractivity contribution >= 4 is 34.4 Å². The molecular weight excluding hydrogens is 521 g/mol. The number of aromatic nitrogens is 1. The van der Waals surface area contributed by atoms with Gasteiger partial charge in [-0.15, -0.1) is 0 Å². The normalized spacial score (nSPS) is 24.4. The predicted molar refractivity (Wildman–Crippen MR) is 145 cm³/mol. The molecule has 6 rings (SSSR count). The molecule has 1 saturated carbocycles. The van der Waals surface area contributed by atoms with E-state index in [1.807, 2.05) is 29.7 Å². The van der Waals surface area contributed by atoms with E-state index in [0.29, 0.717) is 43.2 Å². The van der Waals surface area contributed by atoms with E-state index in [4.69, 9.17) is 9.84 Å². The summed E-state index contributed by atoms with van der Waals surface area (Å²) in [5, 5.41) is 24.4. The predicted octanol–water partition coefficient (Wildman–Crippen LogP) is 3.11. The summed E-state index contributed by atoms with van der Waals surface area (Å²) in [6, 6.07) is 1.01. The van der Waals surface area contributed by atoms with Crippen LogP contribution in [0.1, 0.15) is 50.0 Å². The molecule has 2 unspecified atom stereocenters. The van der Waals surface area contributed by atoms with Gasteiger partial charge < -0.3 is 24.4 Å². The van der Waals surface area contributed by atoms with E-state index in [2.05, 4.69) is 0 Å². The van der Waals surface area contributed by atoms with E-state index in [1.54, 1.807) is 11.5 Å². The molecule has 1 aromatic heterocycles. The van der Waals surface area contributed by atoms with Gasteiger partial charge in [-0.2, -0.15) is 4.59 Å². The van der Waals surface area contributed by atoms with E-state index >= 15 is 4.39 Å². The lowest BCUT2D eigenvalue weighted by Gasteiger charge is -2.44. The molecule has 210 valence electrons. The third-order valence-corrected chi connectivity index (χ3v) is 8.57. The molecule has 2 fully saturated rings. The maximum Gasteiger partial charge on any atom is 0.341 e. The Hall–Kier alpha value is -4.19. The van der Waals surface area contributed by atoms with Crippen LogP contribution >= 0.6 is 0 Å². The molecule has 2 atom stereocenters. The second-order valence-corrected chi connectivity index (χ2v) is 11.1. The number of allylic oxidation sites excluding steroid dienone is 3. The van der Waals surface area contributed by atoms with Crippen LogP contribution in [0.25, 0.3) is 10.9 Å². The Bertz CT molecular complexity index is 1650. The number of carboxylic acid groups (broad SMARTS) is 2. The second-order valence-electron chi connectivity index (χ2n) is 11.1. The molecule has 3 aliphatic heterocycles. The molecule has 0 radical (unpaired) electrons. The zero-order chi connectivity index (χ0) is 28.7. The molecule has 11 nitrogen and oxygen atoms in total. The lowest BCUT2D eigenvalue weighted by atomic mass is 10.0. The van der Waals surface area contributed by atoms with Crippen molar-refractivity contribution in [3.05, 3.63) is 56.8 Å². The number of nitrogens with zero attached hydrogens (tertiary/aromatic N) is 5. The minimum Gasteiger partial charge on any atom is -0.492 e. The molecule has 1 saturated heterocycles. The average Bonchev–Trinajstić information content (AvgIpc) is 3.66. The second kappa shape index (κ2) is 8.91. The molecule has 4 aliphatic rings. The lowest BCUT2D eigenvalue weighted by Crippen LogP contribution is -2.62. The number of hydrogen-bond donors (Lipinski definition) is 2. The van der Waals surface area contributed by atoms with Gasteiger partial charge in [0.25, 0.3) is 0 Å². The molecule has 12 heteroatoms. The molecule has 4 heterocycles. The van der Waals surface area contributed by atoms with Crippen LogP contribution in [-0.4, -0.2) is 81.5 Å². The van der Waals surface area contributed by atoms with Crippen molar-refractivity contribution in [2.24, 2.45) is 5.10 Å². The van der Waals surface area contributed by atoms with Crippen LogP contribution in [0.3, 0.4) is 0 Å². The van der Waals surface area contributed by atoms with E-state index < -0.39 is 28.7 Å². The number of quaternary nitrogens is 1. The summed E-state index contributed by atoms with van der Waals surface area (Å²) in [6.45, 7) is 7.49. The van der Waals surface area contributed by atoms with Gasteiger partial charge in [0, 0.05) is 17.9 Å². The summed E-state index contributed by atoms with van der Waals surface area (Å²) in [5.74, 6) is -2.39. The molecule has 1 aliphatic carbocycles. The Kier molecular flexibility index (Phi) is 5.81. The summed E-state index contributed by atoms with van der Waals surface area (Å²) in [5.41, 5.74) is 1.24. The van der Waals surface area contributed by atoms with Crippen molar-refractivity contribution in [2.75, 3.05) is 38.3 Å². The number of anilines is 1. The molecule has 2 aromatic rings. The van der Waals surface area contributed by atoms with E-state index in [-0.39, 0.29) is 39.1 Å². The minimum atomic E-state index is -1.35. The molecule has 1 spiro atoms. The highest BCUT2D eigenvalue weighted by Gasteiger charge is 2.50. The van der Waals surface area contributed by atoms with Crippen LogP contribution in [0.5, 0.6) is 5.75 Å². The van der Waals surface area contributed by atoms with E-state index in [1.165, 1.54) is 13.3 Å². The van der Waals surface area contributed by atoms with Crippen molar-refractivity contribution in [1.29, 1.82) is 0 Å². The van der Waals surface area contributed by atoms with Crippen LogP contribution < -0.4 is 15.1 Å². The van der Waals surface area contributed by atoms with Gasteiger partial charge in [-0.05, 0) is 51.3 Å². The van der Waals surface area contributed by atoms with Crippen molar-refractivity contribution < 1.29 is 33.5 Å². The number of ether oxygens (including phenoxy) is 1. The van der Waals surface area contributed by atoms with Crippen LogP contribution in [0, 0.1) is 5.82 Å². The first kappa shape index (κ1) is 26.1. The number of halogens is 1. The molecule has 0 amide bonds. The Balaban J connectivity index is 1.42. The monoisotopic (exact) mass is 552 g/mol. The third-order valence-electron chi connectivity index (χ3n) is 8.57. The Morgan fingerprint density at radius 1 is 1.20 bits per heavy atom. The first-order valence-electron chi connectivity index (χ1n) is 13.3. The number of carbonyl (C=O) groups is 2. The van der Waals surface area contributed by atoms with Crippen molar-refractivity contribution in [1.82, 2.24) is 9.47 Å². The van der Waals surface area contributed by atoms with Crippen LogP contribution in [0.15, 0.2) is 45.1 Å². The van der Waals surface area contributed by atoms with E-state index in [9.17, 15) is 24.6 Å². The SMILES string of the molecule is COc1c(N2CC[N+]3(CN4C(C)=CC(C)=C(C(=O)O)C4=N3)C(C)C2)c(F)cc2c(=O)c(C(=O)O)cn(C3CC3)c12. The fraction of sp³-hybridized carbons (Fsp3) is 0.429. The van der Waals surface area contributed by atoms with Crippen LogP contribution in [-0.2, 0) is 4.79 Å². The summed E-state index contributed by atoms with van der Waals surface area (Å²) in [7, 11) is 1.42. The van der Waals surface area contributed by atoms with Gasteiger partial charge in [0.15, 0.2) is 18.2 Å². The van der Waals surface area contributed by atoms with E-state index in [0.717, 1.165) is 24.6 Å². The molecule has 1 aromatic carbocycles. The van der Waals surface area contributed by atoms with Gasteiger partial charge in [-0.3, -0.25) is 9.69 Å². The largest absolute Gasteiger partial charge is 0.492 e. The topological polar surface area (TPSA) is 125 Å². The van der Waals surface area contributed by atoms with Gasteiger partial charge in [0.2, 0.25) is 11.3 Å². The fourth-order valence-corrected chi connectivity index (χ4v) is 6.32.